The van der Waals surface area contributed by atoms with E-state index >= 15 is 0 Å². The largest absolute Gasteiger partial charge is 0.433 e. The Bertz CT molecular complexity index is 412. The molecule has 1 aliphatic carbocycles. The zero-order valence-corrected chi connectivity index (χ0v) is 8.60. The van der Waals surface area contributed by atoms with Crippen molar-refractivity contribution in [1.82, 2.24) is 0 Å². The molecule has 1 aromatic rings. The number of nitrogens with two attached hydrogens (primary N) is 1. The first-order chi connectivity index (χ1) is 7.62. The molecule has 0 atom stereocenters. The molecule has 0 heterocycles. The quantitative estimate of drug-likeness (QED) is 0.804. The summed E-state index contributed by atoms with van der Waals surface area (Å²) in [5.74, 6) is -0.322. The highest BCUT2D eigenvalue weighted by Gasteiger charge is 2.54. The summed E-state index contributed by atoms with van der Waals surface area (Å²) in [6, 6.07) is 8.99. The number of hydrogen-bond donors (Lipinski definition) is 2. The summed E-state index contributed by atoms with van der Waals surface area (Å²) < 4.78 is 4.81. The smallest absolute Gasteiger partial charge is 0.405 e. The van der Waals surface area contributed by atoms with Crippen LogP contribution in [0.2, 0.25) is 0 Å². The third-order valence-corrected chi connectivity index (χ3v) is 2.45. The fourth-order valence-electron chi connectivity index (χ4n) is 1.45. The van der Waals surface area contributed by atoms with E-state index < -0.39 is 11.7 Å². The Hall–Kier alpha value is -2.04. The first-order valence-corrected chi connectivity index (χ1v) is 4.97. The van der Waals surface area contributed by atoms with Crippen LogP contribution in [0.4, 0.5) is 10.5 Å². The lowest BCUT2D eigenvalue weighted by atomic mass is 10.2. The van der Waals surface area contributed by atoms with Gasteiger partial charge >= 0.3 is 6.09 Å². The Labute approximate surface area is 92.6 Å². The van der Waals surface area contributed by atoms with Gasteiger partial charge in [-0.15, -0.1) is 0 Å². The van der Waals surface area contributed by atoms with Crippen molar-refractivity contribution < 1.29 is 14.3 Å². The standard InChI is InChI=1S/C11H12N2O3/c12-10(15)16-11(6-7-11)9(14)13-8-4-2-1-3-5-8/h1-5H,6-7H2,(H2,12,15)(H,13,14). The summed E-state index contributed by atoms with van der Waals surface area (Å²) in [6.07, 6.45) is 0.129. The van der Waals surface area contributed by atoms with Gasteiger partial charge in [-0.25, -0.2) is 4.79 Å². The molecule has 1 aromatic carbocycles. The third kappa shape index (κ3) is 2.13. The van der Waals surface area contributed by atoms with E-state index in [1.165, 1.54) is 0 Å². The molecule has 84 valence electrons. The van der Waals surface area contributed by atoms with Crippen LogP contribution in [-0.4, -0.2) is 17.6 Å². The van der Waals surface area contributed by atoms with Gasteiger partial charge in [0.2, 0.25) is 0 Å². The first kappa shape index (κ1) is 10.5. The van der Waals surface area contributed by atoms with E-state index in [9.17, 15) is 9.59 Å². The van der Waals surface area contributed by atoms with Gasteiger partial charge in [0.05, 0.1) is 0 Å². The SMILES string of the molecule is NC(=O)OC1(C(=O)Nc2ccccc2)CC1. The van der Waals surface area contributed by atoms with Gasteiger partial charge in [-0.05, 0) is 12.1 Å². The molecule has 5 nitrogen and oxygen atoms in total. The summed E-state index contributed by atoms with van der Waals surface area (Å²) in [5, 5.41) is 2.68. The van der Waals surface area contributed by atoms with Crippen molar-refractivity contribution in [1.29, 1.82) is 0 Å². The fourth-order valence-corrected chi connectivity index (χ4v) is 1.45. The Balaban J connectivity index is 2.01. The summed E-state index contributed by atoms with van der Waals surface area (Å²) in [5.41, 5.74) is 4.54. The van der Waals surface area contributed by atoms with Crippen molar-refractivity contribution in [3.8, 4) is 0 Å². The van der Waals surface area contributed by atoms with Crippen LogP contribution in [0.3, 0.4) is 0 Å². The third-order valence-electron chi connectivity index (χ3n) is 2.45. The highest BCUT2D eigenvalue weighted by Crippen LogP contribution is 2.40. The number of benzene rings is 1. The van der Waals surface area contributed by atoms with E-state index in [1.54, 1.807) is 12.1 Å². The number of primary amides is 1. The molecule has 16 heavy (non-hydrogen) atoms. The van der Waals surface area contributed by atoms with Gasteiger partial charge in [-0.2, -0.15) is 0 Å². The van der Waals surface area contributed by atoms with Crippen molar-refractivity contribution in [3.63, 3.8) is 0 Å². The van der Waals surface area contributed by atoms with E-state index in [0.29, 0.717) is 18.5 Å². The van der Waals surface area contributed by atoms with Crippen molar-refractivity contribution in [2.45, 2.75) is 18.4 Å². The van der Waals surface area contributed by atoms with Gasteiger partial charge in [0.25, 0.3) is 5.91 Å². The zero-order valence-electron chi connectivity index (χ0n) is 8.60. The van der Waals surface area contributed by atoms with Gasteiger partial charge in [0, 0.05) is 18.5 Å². The van der Waals surface area contributed by atoms with Crippen LogP contribution in [0.15, 0.2) is 30.3 Å². The number of amides is 2. The number of hydrogen-bond acceptors (Lipinski definition) is 3. The first-order valence-electron chi connectivity index (χ1n) is 4.97. The molecule has 0 radical (unpaired) electrons. The maximum atomic E-state index is 11.8. The van der Waals surface area contributed by atoms with Gasteiger partial charge in [0.15, 0.2) is 5.60 Å². The van der Waals surface area contributed by atoms with Gasteiger partial charge in [0.1, 0.15) is 0 Å². The average Bonchev–Trinajstić information content (AvgIpc) is 2.99. The Morgan fingerprint density at radius 2 is 1.88 bits per heavy atom. The highest BCUT2D eigenvalue weighted by atomic mass is 16.6. The minimum absolute atomic E-state index is 0.322. The minimum atomic E-state index is -1.04. The Morgan fingerprint density at radius 1 is 1.25 bits per heavy atom. The monoisotopic (exact) mass is 220 g/mol. The van der Waals surface area contributed by atoms with Gasteiger partial charge < -0.3 is 15.8 Å². The predicted molar refractivity (Wildman–Crippen MR) is 57.7 cm³/mol. The summed E-state index contributed by atoms with van der Waals surface area (Å²) in [7, 11) is 0. The van der Waals surface area contributed by atoms with Crippen molar-refractivity contribution in [2.24, 2.45) is 5.73 Å². The van der Waals surface area contributed by atoms with Crippen LogP contribution in [0.25, 0.3) is 0 Å². The van der Waals surface area contributed by atoms with E-state index in [-0.39, 0.29) is 5.91 Å². The van der Waals surface area contributed by atoms with Gasteiger partial charge in [-0.1, -0.05) is 18.2 Å². The number of ether oxygens (including phenoxy) is 1. The Kier molecular flexibility index (Phi) is 2.52. The molecule has 0 bridgehead atoms. The van der Waals surface area contributed by atoms with Crippen LogP contribution >= 0.6 is 0 Å². The van der Waals surface area contributed by atoms with Crippen LogP contribution in [0.5, 0.6) is 0 Å². The minimum Gasteiger partial charge on any atom is -0.433 e. The lowest BCUT2D eigenvalue weighted by Crippen LogP contribution is -2.36. The normalized spacial score (nSPS) is 16.2. The van der Waals surface area contributed by atoms with Gasteiger partial charge in [-0.3, -0.25) is 4.79 Å². The summed E-state index contributed by atoms with van der Waals surface area (Å²) in [6.45, 7) is 0. The second-order valence-electron chi connectivity index (χ2n) is 3.74. The topological polar surface area (TPSA) is 81.4 Å². The number of anilines is 1. The van der Waals surface area contributed by atoms with Crippen LogP contribution in [-0.2, 0) is 9.53 Å². The van der Waals surface area contributed by atoms with Crippen molar-refractivity contribution in [3.05, 3.63) is 30.3 Å². The van der Waals surface area contributed by atoms with E-state index in [0.717, 1.165) is 0 Å². The molecule has 0 aromatic heterocycles. The predicted octanol–water partition coefficient (Wildman–Crippen LogP) is 1.25. The van der Waals surface area contributed by atoms with E-state index in [2.05, 4.69) is 5.32 Å². The van der Waals surface area contributed by atoms with Crippen molar-refractivity contribution >= 4 is 17.7 Å². The maximum Gasteiger partial charge on any atom is 0.405 e. The molecule has 2 rings (SSSR count). The lowest BCUT2D eigenvalue weighted by Gasteiger charge is -2.14. The van der Waals surface area contributed by atoms with E-state index in [4.69, 9.17) is 10.5 Å². The second kappa shape index (κ2) is 3.84. The molecule has 0 unspecified atom stereocenters. The maximum absolute atomic E-state index is 11.8. The number of carbonyl (C=O) groups is 2. The molecule has 0 aliphatic heterocycles. The number of rotatable bonds is 3. The number of para-hydroxylation sites is 1. The van der Waals surface area contributed by atoms with Crippen LogP contribution in [0.1, 0.15) is 12.8 Å². The molecular formula is C11H12N2O3. The zero-order chi connectivity index (χ0) is 11.6. The average molecular weight is 220 g/mol. The second-order valence-corrected chi connectivity index (χ2v) is 3.74. The molecule has 1 aliphatic rings. The fraction of sp³-hybridized carbons (Fsp3) is 0.273. The molecular weight excluding hydrogens is 208 g/mol. The molecule has 2 amide bonds. The molecule has 1 saturated carbocycles. The Morgan fingerprint density at radius 3 is 2.38 bits per heavy atom. The molecule has 0 spiro atoms. The van der Waals surface area contributed by atoms with Crippen LogP contribution < -0.4 is 11.1 Å². The highest BCUT2D eigenvalue weighted by molar-refractivity contribution is 6.00. The number of nitrogens with one attached hydrogen (secondary N) is 1. The molecule has 1 fully saturated rings. The summed E-state index contributed by atoms with van der Waals surface area (Å²) in [4.78, 5) is 22.4. The van der Waals surface area contributed by atoms with Crippen LogP contribution in [0, 0.1) is 0 Å². The lowest BCUT2D eigenvalue weighted by molar-refractivity contribution is -0.126. The van der Waals surface area contributed by atoms with E-state index in [1.807, 2.05) is 18.2 Å². The summed E-state index contributed by atoms with van der Waals surface area (Å²) >= 11 is 0. The number of carbonyl (C=O) groups excluding carboxylic acids is 2. The molecule has 3 N–H and O–H groups in total. The molecule has 0 saturated heterocycles. The van der Waals surface area contributed by atoms with Crippen molar-refractivity contribution in [2.75, 3.05) is 5.32 Å². The molecule has 5 heteroatoms.